The predicted octanol–water partition coefficient (Wildman–Crippen LogP) is 13.6. The summed E-state index contributed by atoms with van der Waals surface area (Å²) in [6.45, 7) is 4.92. The minimum absolute atomic E-state index is 0.0945. The van der Waals surface area contributed by atoms with Crippen molar-refractivity contribution in [2.24, 2.45) is 5.73 Å². The first kappa shape index (κ1) is 53.0. The lowest BCUT2D eigenvalue weighted by Gasteiger charge is -2.20. The minimum atomic E-state index is -4.28. The van der Waals surface area contributed by atoms with Crippen LogP contribution in [0.2, 0.25) is 0 Å². The molecule has 0 aliphatic heterocycles. The van der Waals surface area contributed by atoms with Gasteiger partial charge in [0, 0.05) is 19.6 Å². The van der Waals surface area contributed by atoms with E-state index in [0.717, 1.165) is 38.5 Å². The molecule has 0 bridgehead atoms. The fraction of sp³-hybridized carbons (Fsp3) is 0.889. The summed E-state index contributed by atoms with van der Waals surface area (Å²) >= 11 is 0. The summed E-state index contributed by atoms with van der Waals surface area (Å²) in [4.78, 5) is 22.5. The minimum Gasteiger partial charge on any atom is -0.457 e. The molecular weight excluding hydrogens is 697 g/mol. The third kappa shape index (κ3) is 42.1. The summed E-state index contributed by atoms with van der Waals surface area (Å²) in [6, 6.07) is 0. The number of hydrogen-bond acceptors (Lipinski definition) is 7. The average Bonchev–Trinajstić information content (AvgIpc) is 3.16. The predicted molar refractivity (Wildman–Crippen MR) is 229 cm³/mol. The Bertz CT molecular complexity index is 884. The van der Waals surface area contributed by atoms with Gasteiger partial charge in [0.15, 0.2) is 0 Å². The maximum atomic E-state index is 12.6. The second-order valence-corrected chi connectivity index (χ2v) is 16.7. The van der Waals surface area contributed by atoms with E-state index in [2.05, 4.69) is 38.2 Å². The number of rotatable bonds is 44. The van der Waals surface area contributed by atoms with E-state index in [1.165, 1.54) is 161 Å². The molecule has 54 heavy (non-hydrogen) atoms. The first-order chi connectivity index (χ1) is 26.4. The molecule has 0 amide bonds. The fourth-order valence-corrected chi connectivity index (χ4v) is 7.26. The van der Waals surface area contributed by atoms with Crippen LogP contribution in [0.5, 0.6) is 0 Å². The molecule has 3 N–H and O–H groups in total. The van der Waals surface area contributed by atoms with E-state index in [0.29, 0.717) is 13.0 Å². The van der Waals surface area contributed by atoms with E-state index in [9.17, 15) is 14.3 Å². The quantitative estimate of drug-likeness (QED) is 0.0271. The molecule has 0 saturated carbocycles. The number of nitrogens with two attached hydrogens (primary N) is 1. The molecule has 0 radical (unpaired) electrons. The topological polar surface area (TPSA) is 117 Å². The summed E-state index contributed by atoms with van der Waals surface area (Å²) in [5.41, 5.74) is 5.37. The normalized spacial score (nSPS) is 13.6. The number of hydrogen-bond donors (Lipinski definition) is 2. The van der Waals surface area contributed by atoms with Gasteiger partial charge >= 0.3 is 13.8 Å². The van der Waals surface area contributed by atoms with Crippen molar-refractivity contribution in [3.05, 3.63) is 24.3 Å². The molecule has 0 spiro atoms. The number of unbranched alkanes of at least 4 members (excludes halogenated alkanes) is 27. The first-order valence-corrected chi connectivity index (χ1v) is 24.3. The molecule has 0 aliphatic carbocycles. The third-order valence-corrected chi connectivity index (χ3v) is 10.9. The number of phosphoric acid groups is 1. The zero-order valence-electron chi connectivity index (χ0n) is 35.5. The Hall–Kier alpha value is -1.02. The van der Waals surface area contributed by atoms with Crippen LogP contribution >= 0.6 is 7.82 Å². The molecule has 9 heteroatoms. The van der Waals surface area contributed by atoms with Gasteiger partial charge in [0.2, 0.25) is 0 Å². The SMILES string of the molecule is CCCCC/C=C\C/C=C\CCCCCCCCCCOCC(COP(=O)(O)OCCN)OC(=O)CCCCCCCCCCCCCCCCCCC. The molecule has 2 atom stereocenters. The largest absolute Gasteiger partial charge is 0.472 e. The van der Waals surface area contributed by atoms with Gasteiger partial charge in [-0.05, 0) is 44.9 Å². The van der Waals surface area contributed by atoms with Gasteiger partial charge < -0.3 is 20.1 Å². The van der Waals surface area contributed by atoms with E-state index < -0.39 is 13.9 Å². The van der Waals surface area contributed by atoms with Gasteiger partial charge in [-0.1, -0.05) is 192 Å². The molecule has 0 aromatic heterocycles. The lowest BCUT2D eigenvalue weighted by molar-refractivity contribution is -0.154. The van der Waals surface area contributed by atoms with Gasteiger partial charge in [-0.2, -0.15) is 0 Å². The second kappa shape index (κ2) is 43.1. The van der Waals surface area contributed by atoms with Gasteiger partial charge in [-0.15, -0.1) is 0 Å². The highest BCUT2D eigenvalue weighted by molar-refractivity contribution is 7.47. The van der Waals surface area contributed by atoms with E-state index in [1.54, 1.807) is 0 Å². The molecule has 0 rings (SSSR count). The van der Waals surface area contributed by atoms with Crippen LogP contribution in [-0.4, -0.2) is 49.9 Å². The number of allylic oxidation sites excluding steroid dienone is 4. The van der Waals surface area contributed by atoms with Crippen molar-refractivity contribution in [3.63, 3.8) is 0 Å². The summed E-state index contributed by atoms with van der Waals surface area (Å²) in [5, 5.41) is 0. The summed E-state index contributed by atoms with van der Waals surface area (Å²) in [6.07, 6.45) is 47.6. The van der Waals surface area contributed by atoms with Crippen molar-refractivity contribution in [1.29, 1.82) is 0 Å². The first-order valence-electron chi connectivity index (χ1n) is 22.8. The van der Waals surface area contributed by atoms with Crippen molar-refractivity contribution in [1.82, 2.24) is 0 Å². The van der Waals surface area contributed by atoms with Crippen molar-refractivity contribution >= 4 is 13.8 Å². The Morgan fingerprint density at radius 1 is 0.556 bits per heavy atom. The Morgan fingerprint density at radius 2 is 0.981 bits per heavy atom. The van der Waals surface area contributed by atoms with Gasteiger partial charge in [0.1, 0.15) is 6.10 Å². The average molecular weight is 786 g/mol. The Labute approximate surface area is 334 Å². The van der Waals surface area contributed by atoms with Crippen molar-refractivity contribution in [3.8, 4) is 0 Å². The third-order valence-electron chi connectivity index (χ3n) is 9.87. The highest BCUT2D eigenvalue weighted by atomic mass is 31.2. The monoisotopic (exact) mass is 786 g/mol. The zero-order chi connectivity index (χ0) is 39.5. The fourth-order valence-electron chi connectivity index (χ4n) is 6.50. The molecule has 0 fully saturated rings. The van der Waals surface area contributed by atoms with E-state index in [1.807, 2.05) is 0 Å². The molecule has 0 saturated heterocycles. The van der Waals surface area contributed by atoms with Crippen LogP contribution in [0.15, 0.2) is 24.3 Å². The van der Waals surface area contributed by atoms with Crippen LogP contribution in [0.25, 0.3) is 0 Å². The molecule has 0 aromatic carbocycles. The van der Waals surface area contributed by atoms with Crippen molar-refractivity contribution in [2.45, 2.75) is 225 Å². The number of ether oxygens (including phenoxy) is 2. The van der Waals surface area contributed by atoms with Crippen LogP contribution in [0, 0.1) is 0 Å². The van der Waals surface area contributed by atoms with Gasteiger partial charge in [-0.25, -0.2) is 4.57 Å². The standard InChI is InChI=1S/C45H88NO7P/c1-3-5-7-9-11-13-15-17-19-21-23-25-27-29-31-33-35-37-40-50-42-44(43-52-54(48,49)51-41-39-46)53-45(47)38-36-34-32-30-28-26-24-22-20-18-16-14-12-10-8-6-4-2/h11,13,17,19,44H,3-10,12,14-16,18,20-43,46H2,1-2H3,(H,48,49)/b13-11-,19-17-. The Kier molecular flexibility index (Phi) is 42.3. The lowest BCUT2D eigenvalue weighted by atomic mass is 10.0. The summed E-state index contributed by atoms with van der Waals surface area (Å²) in [5.74, 6) is -0.329. The molecule has 8 nitrogen and oxygen atoms in total. The maximum absolute atomic E-state index is 12.6. The number of phosphoric ester groups is 1. The van der Waals surface area contributed by atoms with Crippen molar-refractivity contribution in [2.75, 3.05) is 33.0 Å². The number of carbonyl (C=O) groups excluding carboxylic acids is 1. The van der Waals surface area contributed by atoms with Crippen LogP contribution in [-0.2, 0) is 27.9 Å². The number of esters is 1. The van der Waals surface area contributed by atoms with E-state index >= 15 is 0 Å². The van der Waals surface area contributed by atoms with E-state index in [4.69, 9.17) is 24.3 Å². The Morgan fingerprint density at radius 3 is 1.48 bits per heavy atom. The molecule has 0 aromatic rings. The summed E-state index contributed by atoms with van der Waals surface area (Å²) < 4.78 is 33.5. The van der Waals surface area contributed by atoms with Crippen molar-refractivity contribution < 1.29 is 32.8 Å². The molecule has 320 valence electrons. The van der Waals surface area contributed by atoms with Crippen LogP contribution in [0.3, 0.4) is 0 Å². The van der Waals surface area contributed by atoms with Gasteiger partial charge in [-0.3, -0.25) is 13.8 Å². The van der Waals surface area contributed by atoms with Crippen LogP contribution in [0.1, 0.15) is 219 Å². The van der Waals surface area contributed by atoms with Crippen LogP contribution < -0.4 is 5.73 Å². The zero-order valence-corrected chi connectivity index (χ0v) is 36.4. The van der Waals surface area contributed by atoms with Gasteiger partial charge in [0.25, 0.3) is 0 Å². The smallest absolute Gasteiger partial charge is 0.457 e. The highest BCUT2D eigenvalue weighted by Gasteiger charge is 2.25. The lowest BCUT2D eigenvalue weighted by Crippen LogP contribution is -2.28. The highest BCUT2D eigenvalue weighted by Crippen LogP contribution is 2.43. The molecule has 0 aliphatic rings. The maximum Gasteiger partial charge on any atom is 0.472 e. The van der Waals surface area contributed by atoms with Gasteiger partial charge in [0.05, 0.1) is 19.8 Å². The summed E-state index contributed by atoms with van der Waals surface area (Å²) in [7, 11) is -4.28. The Balaban J connectivity index is 3.99. The number of carbonyl (C=O) groups is 1. The molecule has 0 heterocycles. The second-order valence-electron chi connectivity index (χ2n) is 15.3. The molecule has 2 unspecified atom stereocenters. The molecular formula is C45H88NO7P. The van der Waals surface area contributed by atoms with E-state index in [-0.39, 0.29) is 32.3 Å². The van der Waals surface area contributed by atoms with Crippen LogP contribution in [0.4, 0.5) is 0 Å².